The van der Waals surface area contributed by atoms with Gasteiger partial charge in [0.15, 0.2) is 0 Å². The molecule has 0 aliphatic carbocycles. The zero-order valence-electron chi connectivity index (χ0n) is 12.6. The molecule has 0 aliphatic rings. The van der Waals surface area contributed by atoms with E-state index in [9.17, 15) is 10.2 Å². The Morgan fingerprint density at radius 2 is 1.72 bits per heavy atom. The maximum Gasteiger partial charge on any atom is 0.0598 e. The second-order valence-electron chi connectivity index (χ2n) is 5.51. The molecule has 0 amide bonds. The minimum Gasteiger partial charge on any atom is -0.393 e. The Kier molecular flexibility index (Phi) is 10.4. The van der Waals surface area contributed by atoms with Crippen LogP contribution in [0.4, 0.5) is 0 Å². The first kappa shape index (κ1) is 17.7. The highest BCUT2D eigenvalue weighted by atomic mass is 16.3. The Morgan fingerprint density at radius 3 is 2.22 bits per heavy atom. The smallest absolute Gasteiger partial charge is 0.0598 e. The van der Waals surface area contributed by atoms with Crippen molar-refractivity contribution in [3.8, 4) is 0 Å². The van der Waals surface area contributed by atoms with Gasteiger partial charge in [-0.2, -0.15) is 0 Å². The molecular weight excluding hydrogens is 224 g/mol. The highest BCUT2D eigenvalue weighted by molar-refractivity contribution is 4.91. The van der Waals surface area contributed by atoms with Gasteiger partial charge < -0.3 is 10.2 Å². The van der Waals surface area contributed by atoms with Crippen molar-refractivity contribution in [2.75, 3.05) is 0 Å². The lowest BCUT2D eigenvalue weighted by molar-refractivity contribution is 0.0365. The first-order valence-corrected chi connectivity index (χ1v) is 7.55. The molecule has 0 bridgehead atoms. The first-order valence-electron chi connectivity index (χ1n) is 7.55. The second kappa shape index (κ2) is 10.6. The highest BCUT2D eigenvalue weighted by Crippen LogP contribution is 2.24. The summed E-state index contributed by atoms with van der Waals surface area (Å²) in [5, 5.41) is 19.4. The van der Waals surface area contributed by atoms with Crippen molar-refractivity contribution in [1.82, 2.24) is 0 Å². The lowest BCUT2D eigenvalue weighted by Crippen LogP contribution is -2.28. The van der Waals surface area contributed by atoms with E-state index < -0.39 is 12.2 Å². The van der Waals surface area contributed by atoms with Gasteiger partial charge in [-0.15, -0.1) is 0 Å². The maximum atomic E-state index is 10.1. The van der Waals surface area contributed by atoms with Crippen LogP contribution in [-0.2, 0) is 0 Å². The minimum absolute atomic E-state index is 0.252. The van der Waals surface area contributed by atoms with E-state index in [1.165, 1.54) is 19.3 Å². The van der Waals surface area contributed by atoms with Crippen molar-refractivity contribution in [1.29, 1.82) is 0 Å². The van der Waals surface area contributed by atoms with Crippen molar-refractivity contribution in [2.45, 2.75) is 78.4 Å². The molecule has 0 saturated heterocycles. The molecule has 18 heavy (non-hydrogen) atoms. The predicted octanol–water partition coefficient (Wildman–Crippen LogP) is 3.92. The standard InChI is InChI=1S/C16H32O2/c1-5-7-8-9-10-11-13(3)15(6-2)16(18)12-14(4)17/h10-11,13-18H,5-9,12H2,1-4H3. The van der Waals surface area contributed by atoms with E-state index in [0.29, 0.717) is 12.3 Å². The Bertz CT molecular complexity index is 211. The molecule has 0 heterocycles. The van der Waals surface area contributed by atoms with Gasteiger partial charge in [0.25, 0.3) is 0 Å². The molecule has 0 rings (SSSR count). The van der Waals surface area contributed by atoms with E-state index >= 15 is 0 Å². The lowest BCUT2D eigenvalue weighted by Gasteiger charge is -2.26. The molecule has 0 fully saturated rings. The Morgan fingerprint density at radius 1 is 1.06 bits per heavy atom. The lowest BCUT2D eigenvalue weighted by atomic mass is 9.84. The van der Waals surface area contributed by atoms with Gasteiger partial charge in [-0.25, -0.2) is 0 Å². The van der Waals surface area contributed by atoms with Gasteiger partial charge in [0.2, 0.25) is 0 Å². The molecule has 0 aromatic rings. The Hall–Kier alpha value is -0.340. The van der Waals surface area contributed by atoms with Crippen LogP contribution in [0.5, 0.6) is 0 Å². The second-order valence-corrected chi connectivity index (χ2v) is 5.51. The molecule has 0 spiro atoms. The molecule has 0 aromatic heterocycles. The number of aliphatic hydroxyl groups excluding tert-OH is 2. The summed E-state index contributed by atoms with van der Waals surface area (Å²) in [5.74, 6) is 0.632. The number of unbranched alkanes of at least 4 members (excludes halogenated alkanes) is 3. The van der Waals surface area contributed by atoms with Crippen molar-refractivity contribution in [2.24, 2.45) is 11.8 Å². The van der Waals surface area contributed by atoms with Crippen LogP contribution in [0.2, 0.25) is 0 Å². The molecular formula is C16H32O2. The monoisotopic (exact) mass is 256 g/mol. The third-order valence-corrected chi connectivity index (χ3v) is 3.64. The molecule has 0 saturated carbocycles. The van der Waals surface area contributed by atoms with E-state index in [-0.39, 0.29) is 5.92 Å². The van der Waals surface area contributed by atoms with Gasteiger partial charge >= 0.3 is 0 Å². The average molecular weight is 256 g/mol. The molecule has 0 radical (unpaired) electrons. The van der Waals surface area contributed by atoms with Crippen molar-refractivity contribution in [3.05, 3.63) is 12.2 Å². The van der Waals surface area contributed by atoms with Crippen LogP contribution in [0.15, 0.2) is 12.2 Å². The zero-order chi connectivity index (χ0) is 14.0. The number of hydrogen-bond acceptors (Lipinski definition) is 2. The fraction of sp³-hybridized carbons (Fsp3) is 0.875. The molecule has 4 atom stereocenters. The summed E-state index contributed by atoms with van der Waals surface area (Å²) >= 11 is 0. The molecule has 2 N–H and O–H groups in total. The zero-order valence-corrected chi connectivity index (χ0v) is 12.6. The Labute approximate surface area is 113 Å². The highest BCUT2D eigenvalue weighted by Gasteiger charge is 2.23. The average Bonchev–Trinajstić information content (AvgIpc) is 2.28. The van der Waals surface area contributed by atoms with Crippen molar-refractivity contribution >= 4 is 0 Å². The quantitative estimate of drug-likeness (QED) is 0.459. The van der Waals surface area contributed by atoms with Gasteiger partial charge in [0.05, 0.1) is 12.2 Å². The number of aliphatic hydroxyl groups is 2. The molecule has 4 unspecified atom stereocenters. The summed E-state index contributed by atoms with van der Waals surface area (Å²) in [7, 11) is 0. The van der Waals surface area contributed by atoms with Crippen molar-refractivity contribution < 1.29 is 10.2 Å². The summed E-state index contributed by atoms with van der Waals surface area (Å²) in [6.45, 7) is 8.22. The summed E-state index contributed by atoms with van der Waals surface area (Å²) in [6.07, 6.45) is 10.0. The van der Waals surface area contributed by atoms with Crippen LogP contribution in [0.3, 0.4) is 0 Å². The predicted molar refractivity (Wildman–Crippen MR) is 78.5 cm³/mol. The van der Waals surface area contributed by atoms with E-state index in [4.69, 9.17) is 0 Å². The van der Waals surface area contributed by atoms with Crippen molar-refractivity contribution in [3.63, 3.8) is 0 Å². The molecule has 2 heteroatoms. The molecule has 2 nitrogen and oxygen atoms in total. The summed E-state index contributed by atoms with van der Waals surface area (Å²) in [5.41, 5.74) is 0. The van der Waals surface area contributed by atoms with Crippen LogP contribution in [0.1, 0.15) is 66.2 Å². The van der Waals surface area contributed by atoms with Crippen LogP contribution in [0.25, 0.3) is 0 Å². The molecule has 0 aromatic carbocycles. The summed E-state index contributed by atoms with van der Waals surface area (Å²) < 4.78 is 0. The molecule has 108 valence electrons. The van der Waals surface area contributed by atoms with Crippen LogP contribution in [0, 0.1) is 11.8 Å². The Balaban J connectivity index is 4.12. The van der Waals surface area contributed by atoms with E-state index in [1.807, 2.05) is 0 Å². The largest absolute Gasteiger partial charge is 0.393 e. The van der Waals surface area contributed by atoms with Crippen LogP contribution >= 0.6 is 0 Å². The fourth-order valence-electron chi connectivity index (χ4n) is 2.48. The van der Waals surface area contributed by atoms with Crippen LogP contribution in [-0.4, -0.2) is 22.4 Å². The normalized spacial score (nSPS) is 18.8. The third-order valence-electron chi connectivity index (χ3n) is 3.64. The minimum atomic E-state index is -0.421. The van der Waals surface area contributed by atoms with Gasteiger partial charge in [-0.3, -0.25) is 0 Å². The van der Waals surface area contributed by atoms with E-state index in [2.05, 4.69) is 32.9 Å². The molecule has 0 aliphatic heterocycles. The number of hydrogen-bond donors (Lipinski definition) is 2. The van der Waals surface area contributed by atoms with E-state index in [0.717, 1.165) is 12.8 Å². The summed E-state index contributed by atoms with van der Waals surface area (Å²) in [6, 6.07) is 0. The SMILES string of the molecule is CCCCCC=CC(C)C(CC)C(O)CC(C)O. The van der Waals surface area contributed by atoms with E-state index in [1.54, 1.807) is 6.92 Å². The third kappa shape index (κ3) is 7.88. The van der Waals surface area contributed by atoms with Gasteiger partial charge in [0, 0.05) is 0 Å². The van der Waals surface area contributed by atoms with Gasteiger partial charge in [-0.1, -0.05) is 52.2 Å². The van der Waals surface area contributed by atoms with Gasteiger partial charge in [-0.05, 0) is 38.0 Å². The summed E-state index contributed by atoms with van der Waals surface area (Å²) in [4.78, 5) is 0. The first-order chi connectivity index (χ1) is 8.52. The number of rotatable bonds is 10. The van der Waals surface area contributed by atoms with Crippen LogP contribution < -0.4 is 0 Å². The topological polar surface area (TPSA) is 40.5 Å². The maximum absolute atomic E-state index is 10.1. The number of allylic oxidation sites excluding steroid dienone is 2. The fourth-order valence-corrected chi connectivity index (χ4v) is 2.48. The van der Waals surface area contributed by atoms with Gasteiger partial charge in [0.1, 0.15) is 0 Å².